The van der Waals surface area contributed by atoms with Crippen LogP contribution in [-0.4, -0.2) is 18.5 Å². The van der Waals surface area contributed by atoms with Crippen molar-refractivity contribution < 1.29 is 13.6 Å². The molecule has 0 spiro atoms. The molecule has 18 heavy (non-hydrogen) atoms. The van der Waals surface area contributed by atoms with Crippen LogP contribution in [0.4, 0.5) is 8.78 Å². The van der Waals surface area contributed by atoms with Crippen molar-refractivity contribution in [1.82, 2.24) is 0 Å². The maximum absolute atomic E-state index is 13.2. The summed E-state index contributed by atoms with van der Waals surface area (Å²) in [5.41, 5.74) is -0.147. The van der Waals surface area contributed by atoms with E-state index >= 15 is 0 Å². The molecule has 2 nitrogen and oxygen atoms in total. The molecule has 94 valence electrons. The number of carbonyl (C=O) groups is 1. The number of aliphatic imine (C=N–C) groups is 1. The van der Waals surface area contributed by atoms with Gasteiger partial charge in [0, 0.05) is 12.3 Å². The third-order valence-corrected chi connectivity index (χ3v) is 2.07. The first-order chi connectivity index (χ1) is 8.65. The van der Waals surface area contributed by atoms with Gasteiger partial charge in [0.05, 0.1) is 5.56 Å². The van der Waals surface area contributed by atoms with Gasteiger partial charge < -0.3 is 0 Å². The molecule has 0 aromatic heterocycles. The molecule has 0 unspecified atom stereocenters. The predicted molar refractivity (Wildman–Crippen MR) is 68.0 cm³/mol. The zero-order chi connectivity index (χ0) is 13.4. The van der Waals surface area contributed by atoms with E-state index in [4.69, 9.17) is 0 Å². The standard InChI is InChI=1S/C14H13F2NO/c1-2-3-4-5-8-17-10-14(18)12-7-6-11(15)9-13(12)16/h2-9H,10H2,1H3/b3-2-,5-4-,17-8?. The van der Waals surface area contributed by atoms with Gasteiger partial charge in [-0.3, -0.25) is 9.79 Å². The molecule has 4 heteroatoms. The van der Waals surface area contributed by atoms with E-state index in [0.29, 0.717) is 6.07 Å². The summed E-state index contributed by atoms with van der Waals surface area (Å²) >= 11 is 0. The number of hydrogen-bond donors (Lipinski definition) is 0. The lowest BCUT2D eigenvalue weighted by Gasteiger charge is -1.99. The Bertz CT molecular complexity index is 505. The SMILES string of the molecule is C/C=C\C=C/C=NCC(=O)c1ccc(F)cc1F. The lowest BCUT2D eigenvalue weighted by atomic mass is 10.1. The average Bonchev–Trinajstić information content (AvgIpc) is 2.33. The van der Waals surface area contributed by atoms with E-state index in [0.717, 1.165) is 12.1 Å². The van der Waals surface area contributed by atoms with Gasteiger partial charge in [0.2, 0.25) is 0 Å². The van der Waals surface area contributed by atoms with E-state index in [2.05, 4.69) is 4.99 Å². The summed E-state index contributed by atoms with van der Waals surface area (Å²) in [6.45, 7) is 1.71. The largest absolute Gasteiger partial charge is 0.292 e. The molecule has 0 fully saturated rings. The molecule has 1 rings (SSSR count). The van der Waals surface area contributed by atoms with E-state index in [1.807, 2.05) is 19.1 Å². The molecule has 0 atom stereocenters. The first-order valence-corrected chi connectivity index (χ1v) is 5.41. The minimum Gasteiger partial charge on any atom is -0.292 e. The number of ketones is 1. The van der Waals surface area contributed by atoms with Crippen molar-refractivity contribution in [1.29, 1.82) is 0 Å². The summed E-state index contributed by atoms with van der Waals surface area (Å²) in [5, 5.41) is 0. The summed E-state index contributed by atoms with van der Waals surface area (Å²) in [5.74, 6) is -2.05. The monoisotopic (exact) mass is 249 g/mol. The number of carbonyl (C=O) groups excluding carboxylic acids is 1. The lowest BCUT2D eigenvalue weighted by Crippen LogP contribution is -2.06. The highest BCUT2D eigenvalue weighted by atomic mass is 19.1. The number of nitrogens with zero attached hydrogens (tertiary/aromatic N) is 1. The molecule has 0 aliphatic carbocycles. The van der Waals surface area contributed by atoms with Gasteiger partial charge in [0.25, 0.3) is 0 Å². The molecule has 0 saturated carbocycles. The summed E-state index contributed by atoms with van der Waals surface area (Å²) in [7, 11) is 0. The molecule has 0 aliphatic rings. The van der Waals surface area contributed by atoms with Gasteiger partial charge in [0.15, 0.2) is 5.78 Å². The molecule has 1 aromatic rings. The fourth-order valence-corrected chi connectivity index (χ4v) is 1.22. The van der Waals surface area contributed by atoms with Gasteiger partial charge in [-0.2, -0.15) is 0 Å². The number of hydrogen-bond acceptors (Lipinski definition) is 2. The zero-order valence-electron chi connectivity index (χ0n) is 9.94. The summed E-state index contributed by atoms with van der Waals surface area (Å²) < 4.78 is 25.9. The molecule has 0 N–H and O–H groups in total. The van der Waals surface area contributed by atoms with Crippen LogP contribution in [0.2, 0.25) is 0 Å². The maximum Gasteiger partial charge on any atom is 0.187 e. The highest BCUT2D eigenvalue weighted by molar-refractivity contribution is 5.98. The van der Waals surface area contributed by atoms with Gasteiger partial charge in [-0.1, -0.05) is 18.2 Å². The van der Waals surface area contributed by atoms with Crippen LogP contribution < -0.4 is 0 Å². The molecule has 1 aromatic carbocycles. The Morgan fingerprint density at radius 2 is 2.06 bits per heavy atom. The Morgan fingerprint density at radius 1 is 1.28 bits per heavy atom. The van der Waals surface area contributed by atoms with E-state index in [-0.39, 0.29) is 12.1 Å². The van der Waals surface area contributed by atoms with Crippen LogP contribution in [0, 0.1) is 11.6 Å². The van der Waals surface area contributed by atoms with Crippen molar-refractivity contribution in [3.05, 3.63) is 59.7 Å². The minimum atomic E-state index is -0.861. The molecule has 0 aliphatic heterocycles. The fraction of sp³-hybridized carbons (Fsp3) is 0.143. The molecule has 0 heterocycles. The van der Waals surface area contributed by atoms with Crippen LogP contribution in [0.3, 0.4) is 0 Å². The Labute approximate surface area is 104 Å². The molecule has 0 amide bonds. The minimum absolute atomic E-state index is 0.147. The van der Waals surface area contributed by atoms with E-state index < -0.39 is 17.4 Å². The lowest BCUT2D eigenvalue weighted by molar-refractivity contribution is 0.0998. The summed E-state index contributed by atoms with van der Waals surface area (Å²) in [6, 6.07) is 2.85. The summed E-state index contributed by atoms with van der Waals surface area (Å²) in [4.78, 5) is 15.4. The van der Waals surface area contributed by atoms with Gasteiger partial charge in [0.1, 0.15) is 18.2 Å². The van der Waals surface area contributed by atoms with Gasteiger partial charge in [-0.05, 0) is 25.1 Å². The first-order valence-electron chi connectivity index (χ1n) is 5.41. The number of allylic oxidation sites excluding steroid dienone is 4. The first kappa shape index (κ1) is 14.0. The molecular formula is C14H13F2NO. The highest BCUT2D eigenvalue weighted by Crippen LogP contribution is 2.10. The number of halogens is 2. The maximum atomic E-state index is 13.2. The second kappa shape index (κ2) is 7.27. The number of rotatable bonds is 5. The average molecular weight is 249 g/mol. The number of Topliss-reactive ketones (excluding diaryl/α,β-unsaturated/α-hetero) is 1. The van der Waals surface area contributed by atoms with Crippen molar-refractivity contribution in [2.75, 3.05) is 6.54 Å². The second-order valence-electron chi connectivity index (χ2n) is 3.45. The molecule has 0 radical (unpaired) electrons. The molecular weight excluding hydrogens is 236 g/mol. The van der Waals surface area contributed by atoms with Crippen molar-refractivity contribution in [3.8, 4) is 0 Å². The second-order valence-corrected chi connectivity index (χ2v) is 3.45. The number of benzene rings is 1. The van der Waals surface area contributed by atoms with Gasteiger partial charge in [-0.15, -0.1) is 0 Å². The van der Waals surface area contributed by atoms with E-state index in [1.54, 1.807) is 12.2 Å². The Morgan fingerprint density at radius 3 is 2.72 bits per heavy atom. The van der Waals surface area contributed by atoms with Gasteiger partial charge in [-0.25, -0.2) is 8.78 Å². The Hall–Kier alpha value is -2.10. The highest BCUT2D eigenvalue weighted by Gasteiger charge is 2.11. The van der Waals surface area contributed by atoms with E-state index in [1.165, 1.54) is 6.21 Å². The normalized spacial score (nSPS) is 11.9. The van der Waals surface area contributed by atoms with Crippen LogP contribution in [0.1, 0.15) is 17.3 Å². The van der Waals surface area contributed by atoms with Crippen LogP contribution in [0.5, 0.6) is 0 Å². The molecule has 0 bridgehead atoms. The van der Waals surface area contributed by atoms with E-state index in [9.17, 15) is 13.6 Å². The third-order valence-electron chi connectivity index (χ3n) is 2.07. The smallest absolute Gasteiger partial charge is 0.187 e. The summed E-state index contributed by atoms with van der Waals surface area (Å²) in [6.07, 6.45) is 8.54. The Balaban J connectivity index is 2.60. The van der Waals surface area contributed by atoms with Crippen LogP contribution >= 0.6 is 0 Å². The van der Waals surface area contributed by atoms with Crippen molar-refractivity contribution in [2.45, 2.75) is 6.92 Å². The van der Waals surface area contributed by atoms with Crippen molar-refractivity contribution in [3.63, 3.8) is 0 Å². The van der Waals surface area contributed by atoms with Crippen molar-refractivity contribution >= 4 is 12.0 Å². The Kier molecular flexibility index (Phi) is 5.64. The van der Waals surface area contributed by atoms with Crippen LogP contribution in [-0.2, 0) is 0 Å². The fourth-order valence-electron chi connectivity index (χ4n) is 1.22. The van der Waals surface area contributed by atoms with Crippen LogP contribution in [0.15, 0.2) is 47.5 Å². The molecule has 0 saturated heterocycles. The zero-order valence-corrected chi connectivity index (χ0v) is 9.94. The third kappa shape index (κ3) is 4.41. The predicted octanol–water partition coefficient (Wildman–Crippen LogP) is 3.35. The van der Waals surface area contributed by atoms with Crippen LogP contribution in [0.25, 0.3) is 0 Å². The van der Waals surface area contributed by atoms with Crippen molar-refractivity contribution in [2.24, 2.45) is 4.99 Å². The van der Waals surface area contributed by atoms with Gasteiger partial charge >= 0.3 is 0 Å². The quantitative estimate of drug-likeness (QED) is 0.447. The topological polar surface area (TPSA) is 29.4 Å².